The number of amides is 1. The Morgan fingerprint density at radius 2 is 2.11 bits per heavy atom. The van der Waals surface area contributed by atoms with Crippen LogP contribution in [-0.2, 0) is 14.8 Å². The SMILES string of the molecule is CS(=O)(=O)N(CCCN1CCOCC1)C1CCN(C(=O)c2cccnc2)C1. The van der Waals surface area contributed by atoms with Gasteiger partial charge in [-0.3, -0.25) is 14.7 Å². The van der Waals surface area contributed by atoms with Crippen molar-refractivity contribution in [1.82, 2.24) is 19.1 Å². The number of pyridine rings is 1. The molecule has 2 aliphatic heterocycles. The Labute approximate surface area is 161 Å². The van der Waals surface area contributed by atoms with Crippen LogP contribution in [0.25, 0.3) is 0 Å². The Kier molecular flexibility index (Phi) is 6.80. The van der Waals surface area contributed by atoms with Crippen molar-refractivity contribution in [3.8, 4) is 0 Å². The van der Waals surface area contributed by atoms with Gasteiger partial charge in [-0.15, -0.1) is 0 Å². The van der Waals surface area contributed by atoms with E-state index in [2.05, 4.69) is 9.88 Å². The minimum atomic E-state index is -3.33. The lowest BCUT2D eigenvalue weighted by atomic mass is 10.2. The van der Waals surface area contributed by atoms with Gasteiger partial charge in [0.2, 0.25) is 10.0 Å². The zero-order valence-corrected chi connectivity index (χ0v) is 16.6. The Morgan fingerprint density at radius 3 is 2.78 bits per heavy atom. The van der Waals surface area contributed by atoms with E-state index in [0.717, 1.165) is 39.3 Å². The first kappa shape index (κ1) is 20.2. The molecular weight excluding hydrogens is 368 g/mol. The molecule has 0 aliphatic carbocycles. The molecule has 0 bridgehead atoms. The molecule has 9 heteroatoms. The summed E-state index contributed by atoms with van der Waals surface area (Å²) in [6.45, 7) is 5.61. The fourth-order valence-electron chi connectivity index (χ4n) is 3.73. The lowest BCUT2D eigenvalue weighted by Gasteiger charge is -2.30. The van der Waals surface area contributed by atoms with Gasteiger partial charge < -0.3 is 9.64 Å². The van der Waals surface area contributed by atoms with Gasteiger partial charge in [0.05, 0.1) is 25.0 Å². The summed E-state index contributed by atoms with van der Waals surface area (Å²) < 4.78 is 31.6. The molecule has 2 saturated heterocycles. The van der Waals surface area contributed by atoms with Gasteiger partial charge >= 0.3 is 0 Å². The van der Waals surface area contributed by atoms with Crippen LogP contribution >= 0.6 is 0 Å². The van der Waals surface area contributed by atoms with Crippen molar-refractivity contribution in [2.24, 2.45) is 0 Å². The van der Waals surface area contributed by atoms with Crippen LogP contribution in [0.5, 0.6) is 0 Å². The molecule has 1 atom stereocenters. The van der Waals surface area contributed by atoms with E-state index in [1.165, 1.54) is 6.26 Å². The van der Waals surface area contributed by atoms with E-state index < -0.39 is 10.0 Å². The Hall–Kier alpha value is -1.55. The number of ether oxygens (including phenoxy) is 1. The van der Waals surface area contributed by atoms with E-state index in [1.54, 1.807) is 33.7 Å². The van der Waals surface area contributed by atoms with Crippen LogP contribution < -0.4 is 0 Å². The first-order valence-electron chi connectivity index (χ1n) is 9.41. The molecule has 0 saturated carbocycles. The number of aromatic nitrogens is 1. The zero-order chi connectivity index (χ0) is 19.3. The van der Waals surface area contributed by atoms with Crippen LogP contribution in [0.4, 0.5) is 0 Å². The maximum absolute atomic E-state index is 12.6. The number of nitrogens with zero attached hydrogens (tertiary/aromatic N) is 4. The third-order valence-corrected chi connectivity index (χ3v) is 6.48. The van der Waals surface area contributed by atoms with Gasteiger partial charge in [-0.1, -0.05) is 0 Å². The van der Waals surface area contributed by atoms with E-state index in [9.17, 15) is 13.2 Å². The predicted octanol–water partition coefficient (Wildman–Crippen LogP) is 0.280. The number of rotatable bonds is 7. The Balaban J connectivity index is 1.56. The van der Waals surface area contributed by atoms with Gasteiger partial charge in [0.25, 0.3) is 5.91 Å². The molecule has 1 aromatic rings. The van der Waals surface area contributed by atoms with Crippen LogP contribution in [-0.4, -0.2) is 98.2 Å². The molecule has 150 valence electrons. The minimum absolute atomic E-state index is 0.0904. The highest BCUT2D eigenvalue weighted by atomic mass is 32.2. The van der Waals surface area contributed by atoms with Crippen LogP contribution in [0.15, 0.2) is 24.5 Å². The molecule has 0 spiro atoms. The number of sulfonamides is 1. The van der Waals surface area contributed by atoms with Gasteiger partial charge in [0, 0.05) is 51.2 Å². The standard InChI is InChI=1S/C18H28N4O4S/c1-27(24,25)22(8-3-7-20-10-12-26-13-11-20)17-5-9-21(15-17)18(23)16-4-2-6-19-14-16/h2,4,6,14,17H,3,5,7-13,15H2,1H3. The highest BCUT2D eigenvalue weighted by Crippen LogP contribution is 2.20. The van der Waals surface area contributed by atoms with Crippen LogP contribution in [0, 0.1) is 0 Å². The number of carbonyl (C=O) groups is 1. The second-order valence-electron chi connectivity index (χ2n) is 7.12. The van der Waals surface area contributed by atoms with Gasteiger partial charge in [-0.2, -0.15) is 4.31 Å². The average molecular weight is 397 g/mol. The molecule has 27 heavy (non-hydrogen) atoms. The van der Waals surface area contributed by atoms with E-state index in [1.807, 2.05) is 0 Å². The van der Waals surface area contributed by atoms with Crippen LogP contribution in [0.1, 0.15) is 23.2 Å². The largest absolute Gasteiger partial charge is 0.379 e. The summed E-state index contributed by atoms with van der Waals surface area (Å²) in [5, 5.41) is 0. The number of carbonyl (C=O) groups excluding carboxylic acids is 1. The smallest absolute Gasteiger partial charge is 0.255 e. The minimum Gasteiger partial charge on any atom is -0.379 e. The lowest BCUT2D eigenvalue weighted by molar-refractivity contribution is 0.0366. The summed E-state index contributed by atoms with van der Waals surface area (Å²) in [4.78, 5) is 20.6. The molecule has 3 rings (SSSR count). The summed E-state index contributed by atoms with van der Waals surface area (Å²) in [5.74, 6) is -0.0904. The third kappa shape index (κ3) is 5.47. The zero-order valence-electron chi connectivity index (χ0n) is 15.8. The number of morpholine rings is 1. The fraction of sp³-hybridized carbons (Fsp3) is 0.667. The topological polar surface area (TPSA) is 83.1 Å². The summed E-state index contributed by atoms with van der Waals surface area (Å²) >= 11 is 0. The molecule has 2 aliphatic rings. The van der Waals surface area contributed by atoms with Crippen molar-refractivity contribution < 1.29 is 17.9 Å². The summed E-state index contributed by atoms with van der Waals surface area (Å²) in [6, 6.07) is 3.31. The normalized spacial score (nSPS) is 21.7. The highest BCUT2D eigenvalue weighted by Gasteiger charge is 2.34. The maximum atomic E-state index is 12.6. The van der Waals surface area contributed by atoms with E-state index in [0.29, 0.717) is 31.6 Å². The second-order valence-corrected chi connectivity index (χ2v) is 9.05. The van der Waals surface area contributed by atoms with E-state index in [4.69, 9.17) is 4.74 Å². The Morgan fingerprint density at radius 1 is 1.33 bits per heavy atom. The van der Waals surface area contributed by atoms with Crippen LogP contribution in [0.2, 0.25) is 0 Å². The summed E-state index contributed by atoms with van der Waals surface area (Å²) in [7, 11) is -3.33. The van der Waals surface area contributed by atoms with Crippen molar-refractivity contribution in [3.63, 3.8) is 0 Å². The predicted molar refractivity (Wildman–Crippen MR) is 102 cm³/mol. The number of hydrogen-bond acceptors (Lipinski definition) is 6. The molecule has 0 radical (unpaired) electrons. The molecular formula is C18H28N4O4S. The molecule has 0 N–H and O–H groups in total. The van der Waals surface area contributed by atoms with Crippen molar-refractivity contribution in [3.05, 3.63) is 30.1 Å². The third-order valence-electron chi connectivity index (χ3n) is 5.15. The summed E-state index contributed by atoms with van der Waals surface area (Å²) in [5.41, 5.74) is 0.538. The summed E-state index contributed by atoms with van der Waals surface area (Å²) in [6.07, 6.45) is 5.87. The van der Waals surface area contributed by atoms with Crippen LogP contribution in [0.3, 0.4) is 0 Å². The van der Waals surface area contributed by atoms with Crippen molar-refractivity contribution in [2.75, 3.05) is 58.7 Å². The molecule has 2 fully saturated rings. The fourth-order valence-corrected chi connectivity index (χ4v) is 4.90. The van der Waals surface area contributed by atoms with E-state index in [-0.39, 0.29) is 11.9 Å². The van der Waals surface area contributed by atoms with Gasteiger partial charge in [0.1, 0.15) is 0 Å². The number of likely N-dealkylation sites (tertiary alicyclic amines) is 1. The average Bonchev–Trinajstić information content (AvgIpc) is 3.14. The molecule has 1 aromatic heterocycles. The second kappa shape index (κ2) is 9.09. The monoisotopic (exact) mass is 396 g/mol. The molecule has 3 heterocycles. The Bertz CT molecular complexity index is 722. The van der Waals surface area contributed by atoms with Crippen molar-refractivity contribution >= 4 is 15.9 Å². The lowest BCUT2D eigenvalue weighted by Crippen LogP contribution is -2.44. The van der Waals surface area contributed by atoms with Gasteiger partial charge in [-0.25, -0.2) is 8.42 Å². The van der Waals surface area contributed by atoms with Crippen molar-refractivity contribution in [1.29, 1.82) is 0 Å². The van der Waals surface area contributed by atoms with Crippen molar-refractivity contribution in [2.45, 2.75) is 18.9 Å². The quantitative estimate of drug-likeness (QED) is 0.658. The van der Waals surface area contributed by atoms with E-state index >= 15 is 0 Å². The van der Waals surface area contributed by atoms with Gasteiger partial charge in [-0.05, 0) is 31.5 Å². The molecule has 0 aromatic carbocycles. The first-order chi connectivity index (χ1) is 12.9. The molecule has 1 amide bonds. The maximum Gasteiger partial charge on any atom is 0.255 e. The molecule has 1 unspecified atom stereocenters. The number of hydrogen-bond donors (Lipinski definition) is 0. The van der Waals surface area contributed by atoms with Gasteiger partial charge in [0.15, 0.2) is 0 Å². The first-order valence-corrected chi connectivity index (χ1v) is 11.3. The highest BCUT2D eigenvalue weighted by molar-refractivity contribution is 7.88. The molecule has 8 nitrogen and oxygen atoms in total.